The molecule has 5 rings (SSSR count). The summed E-state index contributed by atoms with van der Waals surface area (Å²) in [4.78, 5) is 15.4. The molecule has 3 aliphatic rings. The van der Waals surface area contributed by atoms with Crippen LogP contribution in [-0.2, 0) is 4.79 Å². The van der Waals surface area contributed by atoms with Crippen LogP contribution in [0.25, 0.3) is 6.08 Å². The fourth-order valence-corrected chi connectivity index (χ4v) is 5.66. The van der Waals surface area contributed by atoms with Crippen molar-refractivity contribution < 1.29 is 28.8 Å². The molecule has 0 bridgehead atoms. The predicted octanol–water partition coefficient (Wildman–Crippen LogP) is 4.34. The second kappa shape index (κ2) is 9.22. The minimum Gasteiger partial charge on any atom is -0.493 e. The van der Waals surface area contributed by atoms with E-state index in [0.717, 1.165) is 36.8 Å². The molecule has 7 nitrogen and oxygen atoms in total. The quantitative estimate of drug-likeness (QED) is 0.662. The summed E-state index contributed by atoms with van der Waals surface area (Å²) >= 11 is 0. The molecule has 0 aromatic heterocycles. The summed E-state index contributed by atoms with van der Waals surface area (Å²) in [5.74, 6) is 2.54. The summed E-state index contributed by atoms with van der Waals surface area (Å²) in [6.07, 6.45) is 7.72. The van der Waals surface area contributed by atoms with E-state index < -0.39 is 5.60 Å². The highest BCUT2D eigenvalue weighted by Gasteiger charge is 2.50. The molecular formula is C27H31NO6. The number of hydrogen-bond donors (Lipinski definition) is 1. The number of piperidine rings is 1. The largest absolute Gasteiger partial charge is 0.493 e. The molecule has 2 aromatic rings. The molecule has 2 unspecified atom stereocenters. The minimum absolute atomic E-state index is 0.0315. The van der Waals surface area contributed by atoms with Gasteiger partial charge in [0.25, 0.3) is 0 Å². The Hall–Kier alpha value is -3.19. The summed E-state index contributed by atoms with van der Waals surface area (Å²) in [6, 6.07) is 11.2. The van der Waals surface area contributed by atoms with Crippen LogP contribution in [0.1, 0.15) is 49.3 Å². The Kier molecular flexibility index (Phi) is 6.13. The van der Waals surface area contributed by atoms with Crippen molar-refractivity contribution in [2.75, 3.05) is 27.6 Å². The van der Waals surface area contributed by atoms with E-state index in [9.17, 15) is 9.90 Å². The summed E-state index contributed by atoms with van der Waals surface area (Å²) in [5, 5.41) is 11.5. The average molecular weight is 466 g/mol. The lowest BCUT2D eigenvalue weighted by molar-refractivity contribution is -0.150. The molecule has 1 saturated heterocycles. The average Bonchev–Trinajstić information content (AvgIpc) is 3.34. The molecular weight excluding hydrogens is 434 g/mol. The number of benzene rings is 2. The number of methoxy groups -OCH3 is 2. The number of likely N-dealkylation sites (tertiary alicyclic amines) is 1. The van der Waals surface area contributed by atoms with Gasteiger partial charge in [0.15, 0.2) is 23.0 Å². The standard InChI is InChI=1S/C27H31NO6/c1-31-21-10-8-19(16-23(21)32-2)26-20-5-3-4-12-27(20,30)13-14-28(26)25(29)11-7-18-6-9-22-24(15-18)34-17-33-22/h6-11,15-16,20,26,30H,3-5,12-14,17H2,1-2H3/t20?,26-,27?/m0/s1. The molecule has 2 aromatic carbocycles. The first-order valence-corrected chi connectivity index (χ1v) is 11.8. The number of rotatable bonds is 5. The summed E-state index contributed by atoms with van der Waals surface area (Å²) in [5.41, 5.74) is 1.06. The van der Waals surface area contributed by atoms with Crippen LogP contribution in [0.3, 0.4) is 0 Å². The van der Waals surface area contributed by atoms with Gasteiger partial charge in [-0.25, -0.2) is 0 Å². The van der Waals surface area contributed by atoms with Gasteiger partial charge in [-0.1, -0.05) is 25.0 Å². The van der Waals surface area contributed by atoms with Crippen LogP contribution >= 0.6 is 0 Å². The van der Waals surface area contributed by atoms with Crippen LogP contribution in [0.2, 0.25) is 0 Å². The topological polar surface area (TPSA) is 77.5 Å². The summed E-state index contributed by atoms with van der Waals surface area (Å²) in [6.45, 7) is 0.711. The van der Waals surface area contributed by atoms with E-state index in [-0.39, 0.29) is 24.7 Å². The fourth-order valence-electron chi connectivity index (χ4n) is 5.66. The number of nitrogens with zero attached hydrogens (tertiary/aromatic N) is 1. The van der Waals surface area contributed by atoms with Crippen molar-refractivity contribution in [3.8, 4) is 23.0 Å². The molecule has 1 aliphatic carbocycles. The van der Waals surface area contributed by atoms with Gasteiger partial charge < -0.3 is 29.0 Å². The van der Waals surface area contributed by atoms with Crippen molar-refractivity contribution >= 4 is 12.0 Å². The van der Waals surface area contributed by atoms with Crippen LogP contribution in [-0.4, -0.2) is 49.1 Å². The molecule has 2 fully saturated rings. The van der Waals surface area contributed by atoms with Gasteiger partial charge in [0.2, 0.25) is 12.7 Å². The second-order valence-electron chi connectivity index (χ2n) is 9.24. The van der Waals surface area contributed by atoms with Gasteiger partial charge in [-0.05, 0) is 60.7 Å². The van der Waals surface area contributed by atoms with Gasteiger partial charge in [0.1, 0.15) is 0 Å². The molecule has 2 heterocycles. The van der Waals surface area contributed by atoms with Gasteiger partial charge in [-0.3, -0.25) is 4.79 Å². The zero-order valence-corrected chi connectivity index (χ0v) is 19.7. The maximum Gasteiger partial charge on any atom is 0.247 e. The van der Waals surface area contributed by atoms with Gasteiger partial charge in [-0.15, -0.1) is 0 Å². The second-order valence-corrected chi connectivity index (χ2v) is 9.24. The highest BCUT2D eigenvalue weighted by molar-refractivity contribution is 5.92. The molecule has 1 saturated carbocycles. The third-order valence-electron chi connectivity index (χ3n) is 7.41. The number of ether oxygens (including phenoxy) is 4. The molecule has 1 amide bonds. The monoisotopic (exact) mass is 465 g/mol. The lowest BCUT2D eigenvalue weighted by Gasteiger charge is -2.52. The van der Waals surface area contributed by atoms with E-state index in [0.29, 0.717) is 36.0 Å². The number of hydrogen-bond acceptors (Lipinski definition) is 6. The number of amides is 1. The number of aliphatic hydroxyl groups is 1. The first kappa shape index (κ1) is 22.6. The fraction of sp³-hybridized carbons (Fsp3) is 0.444. The summed E-state index contributed by atoms with van der Waals surface area (Å²) < 4.78 is 21.8. The van der Waals surface area contributed by atoms with Crippen LogP contribution in [0, 0.1) is 5.92 Å². The third-order valence-corrected chi connectivity index (χ3v) is 7.41. The molecule has 2 aliphatic heterocycles. The summed E-state index contributed by atoms with van der Waals surface area (Å²) in [7, 11) is 3.21. The van der Waals surface area contributed by atoms with Crippen molar-refractivity contribution in [2.24, 2.45) is 5.92 Å². The molecule has 34 heavy (non-hydrogen) atoms. The molecule has 0 spiro atoms. The van der Waals surface area contributed by atoms with Gasteiger partial charge >= 0.3 is 0 Å². The Bertz CT molecular complexity index is 1100. The Morgan fingerprint density at radius 1 is 1.06 bits per heavy atom. The molecule has 180 valence electrons. The maximum absolute atomic E-state index is 13.5. The zero-order chi connectivity index (χ0) is 23.7. The first-order chi connectivity index (χ1) is 16.5. The van der Waals surface area contributed by atoms with E-state index >= 15 is 0 Å². The van der Waals surface area contributed by atoms with E-state index in [1.807, 2.05) is 41.3 Å². The molecule has 7 heteroatoms. The number of carbonyl (C=O) groups is 1. The van der Waals surface area contributed by atoms with Crippen molar-refractivity contribution in [1.29, 1.82) is 0 Å². The van der Waals surface area contributed by atoms with Crippen molar-refractivity contribution in [1.82, 2.24) is 4.90 Å². The van der Waals surface area contributed by atoms with Gasteiger partial charge in [0.05, 0.1) is 25.9 Å². The number of carbonyl (C=O) groups excluding carboxylic acids is 1. The minimum atomic E-state index is -0.756. The smallest absolute Gasteiger partial charge is 0.247 e. The predicted molar refractivity (Wildman–Crippen MR) is 127 cm³/mol. The lowest BCUT2D eigenvalue weighted by atomic mass is 9.66. The van der Waals surface area contributed by atoms with Gasteiger partial charge in [-0.2, -0.15) is 0 Å². The zero-order valence-electron chi connectivity index (χ0n) is 19.7. The molecule has 1 N–H and O–H groups in total. The van der Waals surface area contributed by atoms with E-state index in [4.69, 9.17) is 18.9 Å². The molecule has 3 atom stereocenters. The van der Waals surface area contributed by atoms with Crippen LogP contribution < -0.4 is 18.9 Å². The van der Waals surface area contributed by atoms with E-state index in [1.54, 1.807) is 26.4 Å². The molecule has 0 radical (unpaired) electrons. The SMILES string of the molecule is COc1ccc([C@H]2C3CCCCC3(O)CCN2C(=O)C=Cc2ccc3c(c2)OCO3)cc1OC. The highest BCUT2D eigenvalue weighted by Crippen LogP contribution is 2.50. The van der Waals surface area contributed by atoms with Gasteiger partial charge in [0, 0.05) is 18.5 Å². The van der Waals surface area contributed by atoms with Crippen molar-refractivity contribution in [3.05, 3.63) is 53.6 Å². The van der Waals surface area contributed by atoms with Crippen LogP contribution in [0.15, 0.2) is 42.5 Å². The Balaban J connectivity index is 1.46. The highest BCUT2D eigenvalue weighted by atomic mass is 16.7. The van der Waals surface area contributed by atoms with Crippen LogP contribution in [0.4, 0.5) is 0 Å². The maximum atomic E-state index is 13.5. The van der Waals surface area contributed by atoms with Crippen LogP contribution in [0.5, 0.6) is 23.0 Å². The third kappa shape index (κ3) is 4.09. The normalized spacial score (nSPS) is 25.8. The number of fused-ring (bicyclic) bond motifs is 2. The van der Waals surface area contributed by atoms with E-state index in [2.05, 4.69) is 0 Å². The first-order valence-electron chi connectivity index (χ1n) is 11.8. The lowest BCUT2D eigenvalue weighted by Crippen LogP contribution is -2.56. The Morgan fingerprint density at radius 2 is 1.88 bits per heavy atom. The van der Waals surface area contributed by atoms with Crippen molar-refractivity contribution in [2.45, 2.75) is 43.7 Å². The Labute approximate surface area is 199 Å². The Morgan fingerprint density at radius 3 is 2.71 bits per heavy atom. The van der Waals surface area contributed by atoms with E-state index in [1.165, 1.54) is 0 Å². The van der Waals surface area contributed by atoms with Crippen molar-refractivity contribution in [3.63, 3.8) is 0 Å².